The Kier molecular flexibility index (Phi) is 9.99. The quantitative estimate of drug-likeness (QED) is 0.509. The summed E-state index contributed by atoms with van der Waals surface area (Å²) in [5.41, 5.74) is 0.698. The van der Waals surface area contributed by atoms with Gasteiger partial charge in [-0.05, 0) is 49.6 Å². The largest absolute Gasteiger partial charge is 0.354 e. The zero-order chi connectivity index (χ0) is 24.4. The first-order chi connectivity index (χ1) is 15.7. The molecule has 33 heavy (non-hydrogen) atoms. The Labute approximate surface area is 195 Å². The van der Waals surface area contributed by atoms with Gasteiger partial charge in [-0.1, -0.05) is 37.3 Å². The first-order valence-corrected chi connectivity index (χ1v) is 12.4. The summed E-state index contributed by atoms with van der Waals surface area (Å²) in [6.07, 6.45) is 1.14. The Morgan fingerprint density at radius 3 is 2.30 bits per heavy atom. The molecule has 9 heteroatoms. The normalized spacial score (nSPS) is 12.4. The molecule has 0 aliphatic rings. The van der Waals surface area contributed by atoms with Crippen molar-refractivity contribution in [3.05, 3.63) is 66.0 Å². The lowest BCUT2D eigenvalue weighted by Crippen LogP contribution is -2.47. The maximum Gasteiger partial charge on any atom is 0.242 e. The van der Waals surface area contributed by atoms with Gasteiger partial charge in [0.15, 0.2) is 0 Å². The molecule has 0 saturated carbocycles. The fraction of sp³-hybridized carbons (Fsp3) is 0.417. The third-order valence-electron chi connectivity index (χ3n) is 5.30. The van der Waals surface area contributed by atoms with Crippen molar-refractivity contribution in [2.45, 2.75) is 50.6 Å². The van der Waals surface area contributed by atoms with Gasteiger partial charge >= 0.3 is 0 Å². The van der Waals surface area contributed by atoms with Crippen LogP contribution in [0.3, 0.4) is 0 Å². The monoisotopic (exact) mass is 477 g/mol. The molecule has 1 atom stereocenters. The van der Waals surface area contributed by atoms with Crippen LogP contribution in [0.1, 0.15) is 38.7 Å². The maximum absolute atomic E-state index is 13.3. The van der Waals surface area contributed by atoms with Crippen LogP contribution >= 0.6 is 0 Å². The lowest BCUT2D eigenvalue weighted by atomic mass is 10.1. The second-order valence-electron chi connectivity index (χ2n) is 7.86. The Balaban J connectivity index is 2.05. The van der Waals surface area contributed by atoms with E-state index in [9.17, 15) is 22.4 Å². The maximum atomic E-state index is 13.3. The number of rotatable bonds is 12. The molecule has 0 fully saturated rings. The molecule has 180 valence electrons. The van der Waals surface area contributed by atoms with E-state index in [0.29, 0.717) is 18.5 Å². The summed E-state index contributed by atoms with van der Waals surface area (Å²) in [6, 6.07) is 13.2. The summed E-state index contributed by atoms with van der Waals surface area (Å²) in [6.45, 7) is 4.40. The Hall–Kier alpha value is -2.78. The van der Waals surface area contributed by atoms with Gasteiger partial charge < -0.3 is 10.2 Å². The molecule has 0 saturated heterocycles. The first-order valence-electron chi connectivity index (χ1n) is 11.0. The number of sulfonamides is 1. The number of hydrogen-bond donors (Lipinski definition) is 1. The molecule has 0 spiro atoms. The minimum Gasteiger partial charge on any atom is -0.354 e. The molecule has 0 aliphatic heterocycles. The average molecular weight is 478 g/mol. The lowest BCUT2D eigenvalue weighted by molar-refractivity contribution is -0.140. The van der Waals surface area contributed by atoms with Crippen LogP contribution in [-0.4, -0.2) is 55.6 Å². The fourth-order valence-electron chi connectivity index (χ4n) is 3.25. The van der Waals surface area contributed by atoms with E-state index in [1.165, 1.54) is 40.5 Å². The van der Waals surface area contributed by atoms with Crippen molar-refractivity contribution in [1.29, 1.82) is 0 Å². The van der Waals surface area contributed by atoms with E-state index >= 15 is 0 Å². The summed E-state index contributed by atoms with van der Waals surface area (Å²) in [4.78, 5) is 27.2. The number of hydrogen-bond acceptors (Lipinski definition) is 4. The van der Waals surface area contributed by atoms with E-state index in [1.54, 1.807) is 37.3 Å². The van der Waals surface area contributed by atoms with E-state index in [4.69, 9.17) is 0 Å². The molecular formula is C24H32FN3O4S. The molecule has 0 radical (unpaired) electrons. The molecule has 0 aliphatic carbocycles. The zero-order valence-corrected chi connectivity index (χ0v) is 20.1. The van der Waals surface area contributed by atoms with E-state index in [1.807, 2.05) is 6.92 Å². The Morgan fingerprint density at radius 1 is 1.06 bits per heavy atom. The second-order valence-corrected chi connectivity index (χ2v) is 9.90. The molecule has 0 aromatic heterocycles. The van der Waals surface area contributed by atoms with Crippen LogP contribution in [0, 0.1) is 5.82 Å². The summed E-state index contributed by atoms with van der Waals surface area (Å²) in [7, 11) is -2.16. The molecule has 2 aromatic rings. The third kappa shape index (κ3) is 7.64. The van der Waals surface area contributed by atoms with Crippen molar-refractivity contribution in [3.63, 3.8) is 0 Å². The highest BCUT2D eigenvalue weighted by Gasteiger charge is 2.26. The number of carbonyl (C=O) groups excluding carboxylic acids is 2. The van der Waals surface area contributed by atoms with Gasteiger partial charge in [-0.2, -0.15) is 0 Å². The number of nitrogens with one attached hydrogen (secondary N) is 1. The van der Waals surface area contributed by atoms with Crippen LogP contribution < -0.4 is 5.32 Å². The predicted molar refractivity (Wildman–Crippen MR) is 125 cm³/mol. The standard InChI is InChI=1S/C24H32FN3O4S/c1-4-16-26-24(30)19(2)28(18-20-12-14-21(25)15-13-20)23(29)11-8-17-27(3)33(31,32)22-9-6-5-7-10-22/h5-7,9-10,12-15,19H,4,8,11,16-18H2,1-3H3,(H,26,30)/t19-/m0/s1. The molecule has 7 nitrogen and oxygen atoms in total. The van der Waals surface area contributed by atoms with Crippen LogP contribution in [0.2, 0.25) is 0 Å². The Morgan fingerprint density at radius 2 is 1.70 bits per heavy atom. The smallest absolute Gasteiger partial charge is 0.242 e. The average Bonchev–Trinajstić information content (AvgIpc) is 2.82. The Bertz CT molecular complexity index is 1010. The van der Waals surface area contributed by atoms with Gasteiger partial charge in [0, 0.05) is 33.1 Å². The number of carbonyl (C=O) groups is 2. The minimum absolute atomic E-state index is 0.0707. The SMILES string of the molecule is CCCNC(=O)[C@H](C)N(Cc1ccc(F)cc1)C(=O)CCCN(C)S(=O)(=O)c1ccccc1. The highest BCUT2D eigenvalue weighted by atomic mass is 32.2. The van der Waals surface area contributed by atoms with Gasteiger partial charge in [0.2, 0.25) is 21.8 Å². The van der Waals surface area contributed by atoms with Crippen LogP contribution in [0.4, 0.5) is 4.39 Å². The lowest BCUT2D eigenvalue weighted by Gasteiger charge is -2.29. The molecule has 0 bridgehead atoms. The van der Waals surface area contributed by atoms with Crippen LogP contribution in [0.5, 0.6) is 0 Å². The van der Waals surface area contributed by atoms with Gasteiger partial charge in [0.25, 0.3) is 0 Å². The van der Waals surface area contributed by atoms with Gasteiger partial charge in [-0.3, -0.25) is 9.59 Å². The van der Waals surface area contributed by atoms with Gasteiger partial charge in [0.1, 0.15) is 11.9 Å². The molecule has 1 N–H and O–H groups in total. The van der Waals surface area contributed by atoms with Crippen molar-refractivity contribution in [2.75, 3.05) is 20.1 Å². The summed E-state index contributed by atoms with van der Waals surface area (Å²) >= 11 is 0. The van der Waals surface area contributed by atoms with Crippen LogP contribution in [0.25, 0.3) is 0 Å². The van der Waals surface area contributed by atoms with Gasteiger partial charge in [-0.15, -0.1) is 0 Å². The van der Waals surface area contributed by atoms with E-state index in [0.717, 1.165) is 6.42 Å². The van der Waals surface area contributed by atoms with E-state index < -0.39 is 16.1 Å². The summed E-state index contributed by atoms with van der Waals surface area (Å²) in [5.74, 6) is -0.923. The predicted octanol–water partition coefficient (Wildman–Crippen LogP) is 3.17. The van der Waals surface area contributed by atoms with Crippen LogP contribution in [-0.2, 0) is 26.2 Å². The van der Waals surface area contributed by atoms with Gasteiger partial charge in [-0.25, -0.2) is 17.1 Å². The topological polar surface area (TPSA) is 86.8 Å². The first kappa shape index (κ1) is 26.5. The fourth-order valence-corrected chi connectivity index (χ4v) is 4.48. The molecule has 0 unspecified atom stereocenters. The number of nitrogens with zero attached hydrogens (tertiary/aromatic N) is 2. The number of benzene rings is 2. The summed E-state index contributed by atoms with van der Waals surface area (Å²) < 4.78 is 39.8. The summed E-state index contributed by atoms with van der Waals surface area (Å²) in [5, 5.41) is 2.79. The van der Waals surface area contributed by atoms with E-state index in [-0.39, 0.29) is 42.0 Å². The molecule has 0 heterocycles. The van der Waals surface area contributed by atoms with Crippen molar-refractivity contribution in [1.82, 2.24) is 14.5 Å². The zero-order valence-electron chi connectivity index (χ0n) is 19.3. The number of amides is 2. The van der Waals surface area contributed by atoms with E-state index in [2.05, 4.69) is 5.32 Å². The second kappa shape index (κ2) is 12.5. The molecule has 2 rings (SSSR count). The van der Waals surface area contributed by atoms with Crippen molar-refractivity contribution >= 4 is 21.8 Å². The molecule has 2 aromatic carbocycles. The minimum atomic E-state index is -3.64. The molecule has 2 amide bonds. The van der Waals surface area contributed by atoms with Crippen molar-refractivity contribution < 1.29 is 22.4 Å². The highest BCUT2D eigenvalue weighted by molar-refractivity contribution is 7.89. The van der Waals surface area contributed by atoms with Crippen LogP contribution in [0.15, 0.2) is 59.5 Å². The molecular weight excluding hydrogens is 445 g/mol. The van der Waals surface area contributed by atoms with Crippen molar-refractivity contribution in [3.8, 4) is 0 Å². The highest BCUT2D eigenvalue weighted by Crippen LogP contribution is 2.16. The number of halogens is 1. The van der Waals surface area contributed by atoms with Gasteiger partial charge in [0.05, 0.1) is 4.90 Å². The van der Waals surface area contributed by atoms with Crippen molar-refractivity contribution in [2.24, 2.45) is 0 Å². The third-order valence-corrected chi connectivity index (χ3v) is 7.17.